The predicted octanol–water partition coefficient (Wildman–Crippen LogP) is 7.40. The second-order valence-electron chi connectivity index (χ2n) is 10.7. The van der Waals surface area contributed by atoms with Crippen molar-refractivity contribution in [3.05, 3.63) is 89.5 Å². The van der Waals surface area contributed by atoms with Gasteiger partial charge in [0.2, 0.25) is 4.75 Å². The van der Waals surface area contributed by atoms with Crippen LogP contribution in [0, 0.1) is 0 Å². The maximum absolute atomic E-state index is 14.0. The number of unbranched alkanes of at least 4 members (excludes halogenated alkanes) is 3. The first-order chi connectivity index (χ1) is 20.6. The Morgan fingerprint density at radius 2 is 1.12 bits per heavy atom. The maximum atomic E-state index is 14.0. The lowest BCUT2D eigenvalue weighted by Crippen LogP contribution is -2.58. The number of ether oxygens (including phenoxy) is 3. The Morgan fingerprint density at radius 3 is 1.47 bits per heavy atom. The van der Waals surface area contributed by atoms with E-state index in [9.17, 15) is 22.9 Å². The van der Waals surface area contributed by atoms with Crippen LogP contribution < -0.4 is 14.2 Å². The van der Waals surface area contributed by atoms with E-state index in [0.29, 0.717) is 36.3 Å². The van der Waals surface area contributed by atoms with Gasteiger partial charge >= 0.3 is 5.97 Å². The van der Waals surface area contributed by atoms with Crippen molar-refractivity contribution in [1.29, 1.82) is 0 Å². The molecule has 0 saturated carbocycles. The molecule has 0 bridgehead atoms. The topological polar surface area (TPSA) is 119 Å². The molecule has 0 radical (unpaired) electrons. The molecule has 8 nitrogen and oxygen atoms in total. The normalized spacial score (nSPS) is 13.2. The molecule has 3 aromatic carbocycles. The number of carboxylic acids is 1. The van der Waals surface area contributed by atoms with E-state index in [0.717, 1.165) is 25.7 Å². The van der Waals surface area contributed by atoms with Gasteiger partial charge in [0.15, 0.2) is 0 Å². The van der Waals surface area contributed by atoms with Crippen molar-refractivity contribution in [3.8, 4) is 17.2 Å². The molecule has 234 valence electrons. The van der Waals surface area contributed by atoms with E-state index in [4.69, 9.17) is 14.2 Å². The van der Waals surface area contributed by atoms with Gasteiger partial charge in [-0.05, 0) is 37.3 Å². The summed E-state index contributed by atoms with van der Waals surface area (Å²) in [6.45, 7) is 8.29. The summed E-state index contributed by atoms with van der Waals surface area (Å²) in [7, 11) is -5.47. The molecule has 1 unspecified atom stereocenters. The van der Waals surface area contributed by atoms with Gasteiger partial charge in [-0.15, -0.1) is 0 Å². The van der Waals surface area contributed by atoms with Crippen LogP contribution in [0.1, 0.15) is 82.9 Å². The number of carboxylic acid groups (broad SMARTS) is 1. The molecule has 43 heavy (non-hydrogen) atoms. The van der Waals surface area contributed by atoms with Crippen LogP contribution in [0.25, 0.3) is 0 Å². The van der Waals surface area contributed by atoms with Crippen molar-refractivity contribution in [3.63, 3.8) is 0 Å². The highest BCUT2D eigenvalue weighted by atomic mass is 32.2. The Hall–Kier alpha value is -3.56. The Morgan fingerprint density at radius 1 is 0.721 bits per heavy atom. The molecule has 9 heteroatoms. The first-order valence-electron chi connectivity index (χ1n) is 15.0. The third kappa shape index (κ3) is 6.99. The lowest BCUT2D eigenvalue weighted by Gasteiger charge is -2.45. The van der Waals surface area contributed by atoms with E-state index in [1.807, 2.05) is 20.8 Å². The SMILES string of the molecule is CCCCOc1cc(OCCCC)c(C(C(=O)O)(C(C)(c2ccccc2)c2ccccc2)S(=O)(=O)O)c(OCCCC)c1. The summed E-state index contributed by atoms with van der Waals surface area (Å²) in [6, 6.07) is 20.0. The van der Waals surface area contributed by atoms with Gasteiger partial charge in [-0.1, -0.05) is 101 Å². The van der Waals surface area contributed by atoms with E-state index < -0.39 is 26.2 Å². The van der Waals surface area contributed by atoms with Crippen molar-refractivity contribution >= 4 is 16.1 Å². The number of hydrogen-bond donors (Lipinski definition) is 2. The van der Waals surface area contributed by atoms with Gasteiger partial charge in [0.05, 0.1) is 30.8 Å². The summed E-state index contributed by atoms with van der Waals surface area (Å²) in [5, 5.41) is 11.2. The van der Waals surface area contributed by atoms with E-state index in [1.54, 1.807) is 60.7 Å². The third-order valence-electron chi connectivity index (χ3n) is 7.76. The summed E-state index contributed by atoms with van der Waals surface area (Å²) >= 11 is 0. The Labute approximate surface area is 255 Å². The molecule has 0 aliphatic carbocycles. The van der Waals surface area contributed by atoms with Gasteiger partial charge in [0.1, 0.15) is 17.2 Å². The van der Waals surface area contributed by atoms with Crippen LogP contribution in [-0.4, -0.2) is 43.9 Å². The lowest BCUT2D eigenvalue weighted by molar-refractivity contribution is -0.142. The molecule has 0 spiro atoms. The van der Waals surface area contributed by atoms with Crippen LogP contribution in [0.4, 0.5) is 0 Å². The maximum Gasteiger partial charge on any atom is 0.333 e. The van der Waals surface area contributed by atoms with Gasteiger partial charge in [-0.2, -0.15) is 8.42 Å². The zero-order chi connectivity index (χ0) is 31.5. The standard InChI is InChI=1S/C34H44O8S/c1-5-8-21-40-28-24-29(41-22-9-6-2)31(30(25-28)42-23-10-7-3)34(32(35)36,43(37,38)39)33(4,26-17-13-11-14-18-26)27-19-15-12-16-20-27/h11-20,24-25H,5-10,21-23H2,1-4H3,(H,35,36)(H,37,38,39). The molecule has 3 aromatic rings. The molecule has 0 saturated heterocycles. The van der Waals surface area contributed by atoms with E-state index in [1.165, 1.54) is 19.1 Å². The van der Waals surface area contributed by atoms with Gasteiger partial charge < -0.3 is 19.3 Å². The number of aliphatic carboxylic acids is 1. The van der Waals surface area contributed by atoms with E-state index >= 15 is 0 Å². The molecule has 3 rings (SSSR count). The summed E-state index contributed by atoms with van der Waals surface area (Å²) in [4.78, 5) is 13.8. The molecular weight excluding hydrogens is 568 g/mol. The van der Waals surface area contributed by atoms with Crippen LogP contribution in [0.2, 0.25) is 0 Å². The minimum Gasteiger partial charge on any atom is -0.493 e. The molecule has 2 N–H and O–H groups in total. The minimum absolute atomic E-state index is 0.0351. The van der Waals surface area contributed by atoms with Crippen molar-refractivity contribution < 1.29 is 37.1 Å². The van der Waals surface area contributed by atoms with Crippen molar-refractivity contribution in [1.82, 2.24) is 0 Å². The average Bonchev–Trinajstić information content (AvgIpc) is 2.99. The summed E-state index contributed by atoms with van der Waals surface area (Å²) < 4.78 is 54.6. The van der Waals surface area contributed by atoms with Crippen molar-refractivity contribution in [2.24, 2.45) is 0 Å². The molecule has 0 fully saturated rings. The fourth-order valence-electron chi connectivity index (χ4n) is 5.40. The molecule has 0 aliphatic rings. The van der Waals surface area contributed by atoms with Gasteiger partial charge in [-0.25, -0.2) is 4.79 Å². The molecule has 1 atom stereocenters. The Balaban J connectivity index is 2.56. The second-order valence-corrected chi connectivity index (χ2v) is 12.3. The van der Waals surface area contributed by atoms with Gasteiger partial charge in [0.25, 0.3) is 10.1 Å². The average molecular weight is 613 g/mol. The molecular formula is C34H44O8S. The lowest BCUT2D eigenvalue weighted by atomic mass is 9.63. The summed E-state index contributed by atoms with van der Waals surface area (Å²) in [5.74, 6) is -1.49. The number of hydrogen-bond acceptors (Lipinski definition) is 6. The zero-order valence-corrected chi connectivity index (χ0v) is 26.4. The summed E-state index contributed by atoms with van der Waals surface area (Å²) in [6.07, 6.45) is 4.52. The molecule has 0 amide bonds. The van der Waals surface area contributed by atoms with Crippen LogP contribution in [-0.2, 0) is 25.1 Å². The van der Waals surface area contributed by atoms with Crippen LogP contribution in [0.5, 0.6) is 17.2 Å². The van der Waals surface area contributed by atoms with Crippen molar-refractivity contribution in [2.45, 2.75) is 76.4 Å². The quantitative estimate of drug-likeness (QED) is 0.113. The fraction of sp³-hybridized carbons (Fsp3) is 0.441. The highest BCUT2D eigenvalue weighted by Crippen LogP contribution is 2.57. The van der Waals surface area contributed by atoms with Gasteiger partial charge in [0, 0.05) is 12.1 Å². The van der Waals surface area contributed by atoms with Crippen LogP contribution >= 0.6 is 0 Å². The highest BCUT2D eigenvalue weighted by molar-refractivity contribution is 7.87. The first-order valence-corrected chi connectivity index (χ1v) is 16.4. The van der Waals surface area contributed by atoms with Crippen LogP contribution in [0.15, 0.2) is 72.8 Å². The Kier molecular flexibility index (Phi) is 12.0. The first kappa shape index (κ1) is 33.9. The van der Waals surface area contributed by atoms with Crippen molar-refractivity contribution in [2.75, 3.05) is 19.8 Å². The predicted molar refractivity (Wildman–Crippen MR) is 168 cm³/mol. The molecule has 0 aliphatic heterocycles. The van der Waals surface area contributed by atoms with E-state index in [2.05, 4.69) is 0 Å². The Bertz CT molecular complexity index is 1350. The molecule has 0 heterocycles. The minimum atomic E-state index is -5.47. The third-order valence-corrected chi connectivity index (χ3v) is 9.32. The largest absolute Gasteiger partial charge is 0.493 e. The van der Waals surface area contributed by atoms with Gasteiger partial charge in [-0.3, -0.25) is 4.55 Å². The smallest absolute Gasteiger partial charge is 0.333 e. The number of carbonyl (C=O) groups is 1. The summed E-state index contributed by atoms with van der Waals surface area (Å²) in [5.41, 5.74) is -1.43. The molecule has 0 aromatic heterocycles. The van der Waals surface area contributed by atoms with E-state index in [-0.39, 0.29) is 30.3 Å². The monoisotopic (exact) mass is 612 g/mol. The zero-order valence-electron chi connectivity index (χ0n) is 25.5. The highest BCUT2D eigenvalue weighted by Gasteiger charge is 2.68. The second kappa shape index (κ2) is 15.3. The van der Waals surface area contributed by atoms with Crippen LogP contribution in [0.3, 0.4) is 0 Å². The number of benzene rings is 3. The number of rotatable bonds is 18. The fourth-order valence-corrected chi connectivity index (χ4v) is 6.83.